The normalized spacial score (nSPS) is 10.7. The van der Waals surface area contributed by atoms with Gasteiger partial charge in [0.1, 0.15) is 10.4 Å². The molecule has 4 heteroatoms. The van der Waals surface area contributed by atoms with Crippen LogP contribution in [0, 0.1) is 0 Å². The Kier molecular flexibility index (Phi) is 3.29. The molecule has 0 aromatic carbocycles. The van der Waals surface area contributed by atoms with Crippen molar-refractivity contribution < 1.29 is 5.11 Å². The van der Waals surface area contributed by atoms with Gasteiger partial charge in [0, 0.05) is 26.5 Å². The Balaban J connectivity index is 3.01. The maximum Gasteiger partial charge on any atom is 0.127 e. The molecule has 0 unspecified atom stereocenters. The SMILES string of the molecule is CCc1nc(Br)c(CCO)n1C. The van der Waals surface area contributed by atoms with Crippen LogP contribution in [0.4, 0.5) is 0 Å². The summed E-state index contributed by atoms with van der Waals surface area (Å²) in [6.45, 7) is 2.23. The van der Waals surface area contributed by atoms with Crippen molar-refractivity contribution in [3.63, 3.8) is 0 Å². The fourth-order valence-corrected chi connectivity index (χ4v) is 1.91. The Bertz CT molecular complexity index is 270. The molecule has 12 heavy (non-hydrogen) atoms. The Hall–Kier alpha value is -0.350. The number of nitrogens with zero attached hydrogens (tertiary/aromatic N) is 2. The third-order valence-corrected chi connectivity index (χ3v) is 2.56. The largest absolute Gasteiger partial charge is 0.396 e. The van der Waals surface area contributed by atoms with E-state index in [0.29, 0.717) is 6.42 Å². The molecule has 0 saturated heterocycles. The van der Waals surface area contributed by atoms with Gasteiger partial charge in [0.15, 0.2) is 0 Å². The number of rotatable bonds is 3. The molecular formula is C8H13BrN2O. The van der Waals surface area contributed by atoms with E-state index in [2.05, 4.69) is 27.8 Å². The molecule has 0 aliphatic rings. The minimum Gasteiger partial charge on any atom is -0.396 e. The quantitative estimate of drug-likeness (QED) is 0.853. The third kappa shape index (κ3) is 1.69. The van der Waals surface area contributed by atoms with Gasteiger partial charge in [0.2, 0.25) is 0 Å². The second-order valence-corrected chi connectivity index (χ2v) is 3.40. The van der Waals surface area contributed by atoms with Gasteiger partial charge in [-0.25, -0.2) is 4.98 Å². The van der Waals surface area contributed by atoms with E-state index in [1.54, 1.807) is 0 Å². The van der Waals surface area contributed by atoms with Crippen LogP contribution in [-0.4, -0.2) is 21.3 Å². The second-order valence-electron chi connectivity index (χ2n) is 2.65. The van der Waals surface area contributed by atoms with E-state index in [0.717, 1.165) is 22.5 Å². The first kappa shape index (κ1) is 9.74. The first-order chi connectivity index (χ1) is 5.70. The number of aromatic nitrogens is 2. The molecular weight excluding hydrogens is 220 g/mol. The van der Waals surface area contributed by atoms with Crippen molar-refractivity contribution in [1.82, 2.24) is 9.55 Å². The highest BCUT2D eigenvalue weighted by Gasteiger charge is 2.09. The van der Waals surface area contributed by atoms with E-state index in [1.807, 2.05) is 11.6 Å². The lowest BCUT2D eigenvalue weighted by atomic mass is 10.3. The number of aryl methyl sites for hydroxylation is 1. The van der Waals surface area contributed by atoms with Crippen molar-refractivity contribution >= 4 is 15.9 Å². The Labute approximate surface area is 80.6 Å². The average Bonchev–Trinajstić information content (AvgIpc) is 2.32. The second kappa shape index (κ2) is 4.05. The smallest absolute Gasteiger partial charge is 0.127 e. The molecule has 0 saturated carbocycles. The van der Waals surface area contributed by atoms with Crippen LogP contribution in [0.25, 0.3) is 0 Å². The third-order valence-electron chi connectivity index (χ3n) is 1.92. The fourth-order valence-electron chi connectivity index (χ4n) is 1.24. The molecule has 3 nitrogen and oxygen atoms in total. The molecule has 0 bridgehead atoms. The lowest BCUT2D eigenvalue weighted by Gasteiger charge is -2.02. The van der Waals surface area contributed by atoms with Gasteiger partial charge in [0.25, 0.3) is 0 Å². The molecule has 1 rings (SSSR count). The molecule has 1 N–H and O–H groups in total. The standard InChI is InChI=1S/C8H13BrN2O/c1-3-7-10-8(9)6(4-5-12)11(7)2/h12H,3-5H2,1-2H3. The molecule has 1 aromatic heterocycles. The zero-order chi connectivity index (χ0) is 9.14. The fraction of sp³-hybridized carbons (Fsp3) is 0.625. The highest BCUT2D eigenvalue weighted by atomic mass is 79.9. The predicted molar refractivity (Wildman–Crippen MR) is 51.1 cm³/mol. The van der Waals surface area contributed by atoms with E-state index < -0.39 is 0 Å². The van der Waals surface area contributed by atoms with Crippen LogP contribution >= 0.6 is 15.9 Å². The molecule has 68 valence electrons. The summed E-state index contributed by atoms with van der Waals surface area (Å²) >= 11 is 3.37. The van der Waals surface area contributed by atoms with Gasteiger partial charge in [-0.15, -0.1) is 0 Å². The van der Waals surface area contributed by atoms with Crippen LogP contribution in [-0.2, 0) is 19.9 Å². The maximum atomic E-state index is 8.79. The zero-order valence-electron chi connectivity index (χ0n) is 7.34. The van der Waals surface area contributed by atoms with Gasteiger partial charge in [-0.05, 0) is 15.9 Å². The number of halogens is 1. The molecule has 0 aliphatic heterocycles. The summed E-state index contributed by atoms with van der Waals surface area (Å²) in [7, 11) is 1.97. The van der Waals surface area contributed by atoms with Gasteiger partial charge in [-0.1, -0.05) is 6.92 Å². The van der Waals surface area contributed by atoms with Crippen LogP contribution in [0.3, 0.4) is 0 Å². The Morgan fingerprint density at radius 3 is 2.67 bits per heavy atom. The van der Waals surface area contributed by atoms with E-state index in [1.165, 1.54) is 0 Å². The van der Waals surface area contributed by atoms with Gasteiger partial charge in [0.05, 0.1) is 5.69 Å². The van der Waals surface area contributed by atoms with Gasteiger partial charge < -0.3 is 9.67 Å². The first-order valence-electron chi connectivity index (χ1n) is 4.01. The van der Waals surface area contributed by atoms with Crippen molar-refractivity contribution in [3.05, 3.63) is 16.1 Å². The van der Waals surface area contributed by atoms with Crippen LogP contribution in [0.5, 0.6) is 0 Å². The summed E-state index contributed by atoms with van der Waals surface area (Å²) in [5.74, 6) is 1.05. The van der Waals surface area contributed by atoms with Gasteiger partial charge in [-0.3, -0.25) is 0 Å². The number of imidazole rings is 1. The van der Waals surface area contributed by atoms with Crippen molar-refractivity contribution in [2.75, 3.05) is 6.61 Å². The minimum absolute atomic E-state index is 0.168. The van der Waals surface area contributed by atoms with Crippen LogP contribution in [0.2, 0.25) is 0 Å². The molecule has 1 aromatic rings. The van der Waals surface area contributed by atoms with Crippen molar-refractivity contribution in [1.29, 1.82) is 0 Å². The molecule has 1 heterocycles. The molecule has 0 atom stereocenters. The number of hydrogen-bond donors (Lipinski definition) is 1. The number of aliphatic hydroxyl groups is 1. The van der Waals surface area contributed by atoms with Crippen molar-refractivity contribution in [2.24, 2.45) is 7.05 Å². The van der Waals surface area contributed by atoms with E-state index in [-0.39, 0.29) is 6.61 Å². The van der Waals surface area contributed by atoms with E-state index in [9.17, 15) is 0 Å². The Morgan fingerprint density at radius 2 is 2.25 bits per heavy atom. The van der Waals surface area contributed by atoms with E-state index >= 15 is 0 Å². The van der Waals surface area contributed by atoms with Crippen LogP contribution < -0.4 is 0 Å². The molecule has 0 radical (unpaired) electrons. The lowest BCUT2D eigenvalue weighted by molar-refractivity contribution is 0.296. The topological polar surface area (TPSA) is 38.1 Å². The summed E-state index contributed by atoms with van der Waals surface area (Å²) < 4.78 is 2.89. The zero-order valence-corrected chi connectivity index (χ0v) is 8.93. The molecule has 0 fully saturated rings. The molecule has 0 amide bonds. The monoisotopic (exact) mass is 232 g/mol. The summed E-state index contributed by atoms with van der Waals surface area (Å²) in [6.07, 6.45) is 1.57. The molecule has 0 spiro atoms. The first-order valence-corrected chi connectivity index (χ1v) is 4.80. The van der Waals surface area contributed by atoms with Crippen molar-refractivity contribution in [2.45, 2.75) is 19.8 Å². The maximum absolute atomic E-state index is 8.79. The van der Waals surface area contributed by atoms with Crippen LogP contribution in [0.15, 0.2) is 4.60 Å². The summed E-state index contributed by atoms with van der Waals surface area (Å²) in [5.41, 5.74) is 1.06. The van der Waals surface area contributed by atoms with Crippen LogP contribution in [0.1, 0.15) is 18.4 Å². The van der Waals surface area contributed by atoms with Gasteiger partial charge in [-0.2, -0.15) is 0 Å². The predicted octanol–water partition coefficient (Wildman–Crippen LogP) is 1.28. The summed E-state index contributed by atoms with van der Waals surface area (Å²) in [4.78, 5) is 4.32. The summed E-state index contributed by atoms with van der Waals surface area (Å²) in [5, 5.41) is 8.79. The van der Waals surface area contributed by atoms with Gasteiger partial charge >= 0.3 is 0 Å². The highest BCUT2D eigenvalue weighted by Crippen LogP contribution is 2.17. The highest BCUT2D eigenvalue weighted by molar-refractivity contribution is 9.10. The lowest BCUT2D eigenvalue weighted by Crippen LogP contribution is -2.02. The summed E-state index contributed by atoms with van der Waals surface area (Å²) in [6, 6.07) is 0. The van der Waals surface area contributed by atoms with Crippen molar-refractivity contribution in [3.8, 4) is 0 Å². The Morgan fingerprint density at radius 1 is 1.58 bits per heavy atom. The minimum atomic E-state index is 0.168. The van der Waals surface area contributed by atoms with E-state index in [4.69, 9.17) is 5.11 Å². The molecule has 0 aliphatic carbocycles. The number of aliphatic hydroxyl groups excluding tert-OH is 1. The number of hydrogen-bond acceptors (Lipinski definition) is 2. The average molecular weight is 233 g/mol.